The summed E-state index contributed by atoms with van der Waals surface area (Å²) in [4.78, 5) is 24.5. The number of ether oxygens (including phenoxy) is 1. The summed E-state index contributed by atoms with van der Waals surface area (Å²) in [6.45, 7) is -1.67. The van der Waals surface area contributed by atoms with Gasteiger partial charge in [-0.2, -0.15) is 8.78 Å². The van der Waals surface area contributed by atoms with Gasteiger partial charge in [0.15, 0.2) is 0 Å². The standard InChI is InChI=1S/C23H20F2N2O3/c1-15-19(8-5-9-20(15)30-23(24)25)27-21(28)14-26-22(29)18-12-10-17(11-13-18)16-6-3-2-4-7-16/h2-13,23H,14H2,1H3,(H,26,29)(H,27,28). The number of benzene rings is 3. The predicted molar refractivity (Wildman–Crippen MR) is 111 cm³/mol. The molecule has 0 heterocycles. The predicted octanol–water partition coefficient (Wildman–Crippen LogP) is 4.63. The topological polar surface area (TPSA) is 67.4 Å². The molecule has 2 N–H and O–H groups in total. The van der Waals surface area contributed by atoms with Gasteiger partial charge in [0.05, 0.1) is 6.54 Å². The lowest BCUT2D eigenvalue weighted by molar-refractivity contribution is -0.115. The fourth-order valence-electron chi connectivity index (χ4n) is 2.88. The molecule has 0 aliphatic carbocycles. The largest absolute Gasteiger partial charge is 0.434 e. The third kappa shape index (κ3) is 5.41. The molecule has 7 heteroatoms. The molecule has 0 aliphatic rings. The molecule has 30 heavy (non-hydrogen) atoms. The third-order valence-corrected chi connectivity index (χ3v) is 4.44. The Kier molecular flexibility index (Phi) is 6.75. The van der Waals surface area contributed by atoms with E-state index >= 15 is 0 Å². The summed E-state index contributed by atoms with van der Waals surface area (Å²) in [5.74, 6) is -0.900. The smallest absolute Gasteiger partial charge is 0.387 e. The van der Waals surface area contributed by atoms with Crippen LogP contribution in [-0.4, -0.2) is 25.0 Å². The van der Waals surface area contributed by atoms with Gasteiger partial charge >= 0.3 is 6.61 Å². The number of nitrogens with one attached hydrogen (secondary N) is 2. The average Bonchev–Trinajstić information content (AvgIpc) is 2.75. The highest BCUT2D eigenvalue weighted by molar-refractivity contribution is 5.99. The highest BCUT2D eigenvalue weighted by Gasteiger charge is 2.13. The Hall–Kier alpha value is -3.74. The summed E-state index contributed by atoms with van der Waals surface area (Å²) in [5.41, 5.74) is 3.14. The van der Waals surface area contributed by atoms with Crippen LogP contribution in [0.3, 0.4) is 0 Å². The molecule has 5 nitrogen and oxygen atoms in total. The number of carbonyl (C=O) groups excluding carboxylic acids is 2. The summed E-state index contributed by atoms with van der Waals surface area (Å²) < 4.78 is 29.3. The van der Waals surface area contributed by atoms with Gasteiger partial charge in [-0.25, -0.2) is 0 Å². The van der Waals surface area contributed by atoms with Crippen LogP contribution in [0.15, 0.2) is 72.8 Å². The van der Waals surface area contributed by atoms with Crippen LogP contribution < -0.4 is 15.4 Å². The third-order valence-electron chi connectivity index (χ3n) is 4.44. The van der Waals surface area contributed by atoms with Gasteiger partial charge in [0.1, 0.15) is 5.75 Å². The van der Waals surface area contributed by atoms with Gasteiger partial charge in [-0.3, -0.25) is 9.59 Å². The Bertz CT molecular complexity index is 1020. The van der Waals surface area contributed by atoms with Crippen molar-refractivity contribution in [2.24, 2.45) is 0 Å². The Morgan fingerprint density at radius 3 is 2.23 bits per heavy atom. The fraction of sp³-hybridized carbons (Fsp3) is 0.130. The van der Waals surface area contributed by atoms with E-state index in [0.717, 1.165) is 11.1 Å². The van der Waals surface area contributed by atoms with E-state index in [1.54, 1.807) is 25.1 Å². The molecule has 0 atom stereocenters. The van der Waals surface area contributed by atoms with Crippen molar-refractivity contribution >= 4 is 17.5 Å². The number of amides is 2. The zero-order valence-electron chi connectivity index (χ0n) is 16.2. The first-order valence-corrected chi connectivity index (χ1v) is 9.22. The van der Waals surface area contributed by atoms with Crippen molar-refractivity contribution < 1.29 is 23.1 Å². The normalized spacial score (nSPS) is 10.5. The Morgan fingerprint density at radius 1 is 0.900 bits per heavy atom. The summed E-state index contributed by atoms with van der Waals surface area (Å²) >= 11 is 0. The molecule has 0 saturated carbocycles. The number of hydrogen-bond donors (Lipinski definition) is 2. The minimum atomic E-state index is -2.96. The highest BCUT2D eigenvalue weighted by atomic mass is 19.3. The molecule has 0 saturated heterocycles. The number of rotatable bonds is 7. The molecular weight excluding hydrogens is 390 g/mol. The lowest BCUT2D eigenvalue weighted by atomic mass is 10.0. The molecule has 2 amide bonds. The lowest BCUT2D eigenvalue weighted by Gasteiger charge is -2.13. The lowest BCUT2D eigenvalue weighted by Crippen LogP contribution is -2.33. The monoisotopic (exact) mass is 410 g/mol. The Labute approximate surface area is 172 Å². The van der Waals surface area contributed by atoms with Crippen molar-refractivity contribution in [1.29, 1.82) is 0 Å². The van der Waals surface area contributed by atoms with Gasteiger partial charge < -0.3 is 15.4 Å². The SMILES string of the molecule is Cc1c(NC(=O)CNC(=O)c2ccc(-c3ccccc3)cc2)cccc1OC(F)F. The quantitative estimate of drug-likeness (QED) is 0.597. The van der Waals surface area contributed by atoms with E-state index in [1.807, 2.05) is 42.5 Å². The molecule has 3 aromatic rings. The van der Waals surface area contributed by atoms with Crippen molar-refractivity contribution in [3.05, 3.63) is 83.9 Å². The van der Waals surface area contributed by atoms with E-state index in [-0.39, 0.29) is 12.3 Å². The molecule has 0 unspecified atom stereocenters. The summed E-state index contributed by atoms with van der Waals surface area (Å²) in [6, 6.07) is 21.2. The summed E-state index contributed by atoms with van der Waals surface area (Å²) in [5, 5.41) is 5.13. The van der Waals surface area contributed by atoms with Crippen molar-refractivity contribution in [1.82, 2.24) is 5.32 Å². The van der Waals surface area contributed by atoms with Crippen LogP contribution in [0, 0.1) is 6.92 Å². The Balaban J connectivity index is 1.57. The first kappa shape index (κ1) is 21.0. The zero-order chi connectivity index (χ0) is 21.5. The van der Waals surface area contributed by atoms with Gasteiger partial charge in [-0.1, -0.05) is 48.5 Å². The van der Waals surface area contributed by atoms with Crippen molar-refractivity contribution in [3.63, 3.8) is 0 Å². The summed E-state index contributed by atoms with van der Waals surface area (Å²) in [7, 11) is 0. The molecule has 0 radical (unpaired) electrons. The molecule has 0 bridgehead atoms. The first-order chi connectivity index (χ1) is 14.4. The molecule has 3 rings (SSSR count). The maximum atomic E-state index is 12.4. The van der Waals surface area contributed by atoms with Crippen LogP contribution in [0.25, 0.3) is 11.1 Å². The minimum absolute atomic E-state index is 0.0228. The van der Waals surface area contributed by atoms with Crippen molar-refractivity contribution in [2.75, 3.05) is 11.9 Å². The van der Waals surface area contributed by atoms with Crippen LogP contribution in [0.1, 0.15) is 15.9 Å². The van der Waals surface area contributed by atoms with Gasteiger partial charge in [0, 0.05) is 16.8 Å². The number of hydrogen-bond acceptors (Lipinski definition) is 3. The molecule has 3 aromatic carbocycles. The van der Waals surface area contributed by atoms with Crippen molar-refractivity contribution in [3.8, 4) is 16.9 Å². The minimum Gasteiger partial charge on any atom is -0.434 e. The number of alkyl halides is 2. The number of anilines is 1. The molecule has 0 aromatic heterocycles. The van der Waals surface area contributed by atoms with Gasteiger partial charge in [0.2, 0.25) is 5.91 Å². The second-order valence-corrected chi connectivity index (χ2v) is 6.48. The van der Waals surface area contributed by atoms with Gasteiger partial charge in [-0.15, -0.1) is 0 Å². The Morgan fingerprint density at radius 2 is 1.57 bits per heavy atom. The molecule has 0 aliphatic heterocycles. The number of halogens is 2. The van der Waals surface area contributed by atoms with E-state index in [0.29, 0.717) is 16.8 Å². The second-order valence-electron chi connectivity index (χ2n) is 6.48. The van der Waals surface area contributed by atoms with Crippen LogP contribution in [0.4, 0.5) is 14.5 Å². The molecule has 154 valence electrons. The van der Waals surface area contributed by atoms with Crippen molar-refractivity contribution in [2.45, 2.75) is 13.5 Å². The van der Waals surface area contributed by atoms with Gasteiger partial charge in [-0.05, 0) is 42.3 Å². The maximum Gasteiger partial charge on any atom is 0.387 e. The highest BCUT2D eigenvalue weighted by Crippen LogP contribution is 2.26. The first-order valence-electron chi connectivity index (χ1n) is 9.22. The second kappa shape index (κ2) is 9.65. The zero-order valence-corrected chi connectivity index (χ0v) is 16.2. The molecular formula is C23H20F2N2O3. The van der Waals surface area contributed by atoms with E-state index in [2.05, 4.69) is 15.4 Å². The average molecular weight is 410 g/mol. The van der Waals surface area contributed by atoms with Gasteiger partial charge in [0.25, 0.3) is 5.91 Å². The van der Waals surface area contributed by atoms with Crippen LogP contribution in [-0.2, 0) is 4.79 Å². The maximum absolute atomic E-state index is 12.4. The van der Waals surface area contributed by atoms with E-state index in [1.165, 1.54) is 12.1 Å². The van der Waals surface area contributed by atoms with Crippen LogP contribution in [0.5, 0.6) is 5.75 Å². The fourth-order valence-corrected chi connectivity index (χ4v) is 2.88. The molecule has 0 spiro atoms. The van der Waals surface area contributed by atoms with Crippen LogP contribution in [0.2, 0.25) is 0 Å². The summed E-state index contributed by atoms with van der Waals surface area (Å²) in [6.07, 6.45) is 0. The number of carbonyl (C=O) groups is 2. The molecule has 0 fully saturated rings. The van der Waals surface area contributed by atoms with Crippen LogP contribution >= 0.6 is 0 Å². The van der Waals surface area contributed by atoms with E-state index in [4.69, 9.17) is 0 Å². The van der Waals surface area contributed by atoms with E-state index in [9.17, 15) is 18.4 Å². The van der Waals surface area contributed by atoms with E-state index < -0.39 is 18.4 Å².